The van der Waals surface area contributed by atoms with Crippen molar-refractivity contribution in [2.75, 3.05) is 13.2 Å². The fraction of sp³-hybridized carbons (Fsp3) is 0.250. The van der Waals surface area contributed by atoms with Crippen molar-refractivity contribution in [1.29, 1.82) is 0 Å². The highest BCUT2D eigenvalue weighted by Crippen LogP contribution is 2.16. The third kappa shape index (κ3) is 5.51. The zero-order valence-electron chi connectivity index (χ0n) is 9.14. The molecule has 0 spiro atoms. The number of ether oxygens (including phenoxy) is 2. The molecular formula is C12H13BrO4. The Morgan fingerprint density at radius 2 is 2.06 bits per heavy atom. The van der Waals surface area contributed by atoms with E-state index in [0.29, 0.717) is 5.75 Å². The summed E-state index contributed by atoms with van der Waals surface area (Å²) in [7, 11) is 0. The quantitative estimate of drug-likeness (QED) is 0.644. The highest BCUT2D eigenvalue weighted by Gasteiger charge is 2.07. The molecule has 0 aliphatic carbocycles. The number of hydrogen-bond acceptors (Lipinski definition) is 4. The second-order valence-corrected chi connectivity index (χ2v) is 4.17. The summed E-state index contributed by atoms with van der Waals surface area (Å²) in [6, 6.07) is 7.21. The first kappa shape index (κ1) is 13.7. The molecule has 1 rings (SSSR count). The average molecular weight is 301 g/mol. The third-order valence-electron chi connectivity index (χ3n) is 1.84. The van der Waals surface area contributed by atoms with Gasteiger partial charge in [-0.05, 0) is 24.3 Å². The number of benzene rings is 1. The van der Waals surface area contributed by atoms with E-state index >= 15 is 0 Å². The van der Waals surface area contributed by atoms with E-state index in [1.807, 2.05) is 12.1 Å². The zero-order chi connectivity index (χ0) is 12.7. The lowest BCUT2D eigenvalue weighted by atomic mass is 10.3. The van der Waals surface area contributed by atoms with Gasteiger partial charge in [0.1, 0.15) is 25.1 Å². The highest BCUT2D eigenvalue weighted by atomic mass is 79.9. The van der Waals surface area contributed by atoms with Crippen LogP contribution in [0.5, 0.6) is 5.75 Å². The molecule has 1 atom stereocenters. The first-order valence-electron chi connectivity index (χ1n) is 4.97. The van der Waals surface area contributed by atoms with E-state index in [-0.39, 0.29) is 13.2 Å². The summed E-state index contributed by atoms with van der Waals surface area (Å²) in [5.41, 5.74) is 0. The van der Waals surface area contributed by atoms with Gasteiger partial charge < -0.3 is 14.6 Å². The molecule has 0 saturated carbocycles. The van der Waals surface area contributed by atoms with Crippen LogP contribution in [-0.2, 0) is 9.53 Å². The molecule has 1 aromatic rings. The summed E-state index contributed by atoms with van der Waals surface area (Å²) in [5, 5.41) is 9.46. The number of halogens is 1. The van der Waals surface area contributed by atoms with Crippen LogP contribution in [0.2, 0.25) is 0 Å². The Bertz CT molecular complexity index is 375. The summed E-state index contributed by atoms with van der Waals surface area (Å²) >= 11 is 3.30. The monoisotopic (exact) mass is 300 g/mol. The van der Waals surface area contributed by atoms with Crippen molar-refractivity contribution in [3.8, 4) is 5.75 Å². The molecule has 0 radical (unpaired) electrons. The second kappa shape index (κ2) is 7.09. The van der Waals surface area contributed by atoms with Crippen LogP contribution in [0.1, 0.15) is 0 Å². The van der Waals surface area contributed by atoms with Gasteiger partial charge in [0.15, 0.2) is 0 Å². The van der Waals surface area contributed by atoms with Gasteiger partial charge in [0, 0.05) is 10.5 Å². The summed E-state index contributed by atoms with van der Waals surface area (Å²) in [6.45, 7) is 3.20. The van der Waals surface area contributed by atoms with Gasteiger partial charge in [0.05, 0.1) is 0 Å². The Balaban J connectivity index is 2.28. The van der Waals surface area contributed by atoms with Crippen LogP contribution < -0.4 is 4.74 Å². The van der Waals surface area contributed by atoms with Crippen LogP contribution in [0.3, 0.4) is 0 Å². The van der Waals surface area contributed by atoms with Gasteiger partial charge in [-0.25, -0.2) is 4.79 Å². The minimum absolute atomic E-state index is 0.0616. The van der Waals surface area contributed by atoms with Crippen molar-refractivity contribution >= 4 is 21.9 Å². The van der Waals surface area contributed by atoms with E-state index in [1.54, 1.807) is 12.1 Å². The zero-order valence-corrected chi connectivity index (χ0v) is 10.7. The van der Waals surface area contributed by atoms with E-state index in [4.69, 9.17) is 4.74 Å². The summed E-state index contributed by atoms with van der Waals surface area (Å²) < 4.78 is 10.9. The first-order chi connectivity index (χ1) is 8.11. The lowest BCUT2D eigenvalue weighted by molar-refractivity contribution is -0.141. The smallest absolute Gasteiger partial charge is 0.330 e. The Hall–Kier alpha value is -1.33. The van der Waals surface area contributed by atoms with Crippen LogP contribution in [0.25, 0.3) is 0 Å². The number of carbonyl (C=O) groups is 1. The van der Waals surface area contributed by atoms with Gasteiger partial charge in [-0.2, -0.15) is 0 Å². The molecule has 92 valence electrons. The molecule has 1 N–H and O–H groups in total. The molecule has 0 aliphatic rings. The van der Waals surface area contributed by atoms with Crippen molar-refractivity contribution in [3.05, 3.63) is 41.4 Å². The Labute approximate surface area is 108 Å². The van der Waals surface area contributed by atoms with Gasteiger partial charge in [0.25, 0.3) is 0 Å². The first-order valence-corrected chi connectivity index (χ1v) is 5.76. The van der Waals surface area contributed by atoms with Crippen molar-refractivity contribution in [3.63, 3.8) is 0 Å². The Morgan fingerprint density at radius 3 is 2.65 bits per heavy atom. The summed E-state index contributed by atoms with van der Waals surface area (Å²) in [4.78, 5) is 10.7. The van der Waals surface area contributed by atoms with Gasteiger partial charge in [-0.15, -0.1) is 0 Å². The minimum Gasteiger partial charge on any atom is -0.491 e. The molecule has 1 unspecified atom stereocenters. The molecule has 0 aromatic heterocycles. The molecule has 0 amide bonds. The predicted molar refractivity (Wildman–Crippen MR) is 66.8 cm³/mol. The molecule has 1 aromatic carbocycles. The van der Waals surface area contributed by atoms with Gasteiger partial charge >= 0.3 is 5.97 Å². The molecule has 5 heteroatoms. The van der Waals surface area contributed by atoms with Crippen molar-refractivity contribution < 1.29 is 19.4 Å². The van der Waals surface area contributed by atoms with Crippen LogP contribution >= 0.6 is 15.9 Å². The lowest BCUT2D eigenvalue weighted by Crippen LogP contribution is -2.24. The molecule has 17 heavy (non-hydrogen) atoms. The maximum Gasteiger partial charge on any atom is 0.330 e. The average Bonchev–Trinajstić information content (AvgIpc) is 2.35. The molecule has 0 aliphatic heterocycles. The van der Waals surface area contributed by atoms with Crippen molar-refractivity contribution in [1.82, 2.24) is 0 Å². The summed E-state index contributed by atoms with van der Waals surface area (Å²) in [5.74, 6) is 0.0787. The number of carbonyl (C=O) groups excluding carboxylic acids is 1. The normalized spacial score (nSPS) is 11.6. The van der Waals surface area contributed by atoms with Gasteiger partial charge in [-0.3, -0.25) is 0 Å². The van der Waals surface area contributed by atoms with E-state index in [9.17, 15) is 9.90 Å². The minimum atomic E-state index is -0.859. The molecule has 0 fully saturated rings. The number of esters is 1. The van der Waals surface area contributed by atoms with Crippen molar-refractivity contribution in [2.45, 2.75) is 6.10 Å². The number of hydrogen-bond donors (Lipinski definition) is 1. The number of rotatable bonds is 6. The van der Waals surface area contributed by atoms with Crippen LogP contribution in [0, 0.1) is 0 Å². The van der Waals surface area contributed by atoms with Crippen molar-refractivity contribution in [2.24, 2.45) is 0 Å². The molecular weight excluding hydrogens is 288 g/mol. The van der Waals surface area contributed by atoms with E-state index in [0.717, 1.165) is 10.5 Å². The molecule has 0 saturated heterocycles. The maximum atomic E-state index is 10.7. The fourth-order valence-electron chi connectivity index (χ4n) is 1.01. The maximum absolute atomic E-state index is 10.7. The number of aliphatic hydroxyl groups is 1. The predicted octanol–water partition coefficient (Wildman–Crippen LogP) is 1.92. The van der Waals surface area contributed by atoms with Crippen LogP contribution in [0.4, 0.5) is 0 Å². The Morgan fingerprint density at radius 1 is 1.41 bits per heavy atom. The van der Waals surface area contributed by atoms with Crippen LogP contribution in [-0.4, -0.2) is 30.4 Å². The largest absolute Gasteiger partial charge is 0.491 e. The Kier molecular flexibility index (Phi) is 5.72. The van der Waals surface area contributed by atoms with E-state index < -0.39 is 12.1 Å². The number of aliphatic hydroxyl groups excluding tert-OH is 1. The van der Waals surface area contributed by atoms with Gasteiger partial charge in [-0.1, -0.05) is 22.5 Å². The van der Waals surface area contributed by atoms with E-state index in [2.05, 4.69) is 27.2 Å². The third-order valence-corrected chi connectivity index (χ3v) is 2.37. The molecule has 0 bridgehead atoms. The lowest BCUT2D eigenvalue weighted by Gasteiger charge is -2.12. The summed E-state index contributed by atoms with van der Waals surface area (Å²) in [6.07, 6.45) is 0.185. The standard InChI is InChI=1S/C12H13BrO4/c1-2-12(15)17-8-10(14)7-16-11-5-3-9(13)4-6-11/h2-6,10,14H,1,7-8H2. The fourth-order valence-corrected chi connectivity index (χ4v) is 1.27. The second-order valence-electron chi connectivity index (χ2n) is 3.25. The molecule has 0 heterocycles. The topological polar surface area (TPSA) is 55.8 Å². The molecule has 4 nitrogen and oxygen atoms in total. The highest BCUT2D eigenvalue weighted by molar-refractivity contribution is 9.10. The van der Waals surface area contributed by atoms with E-state index in [1.165, 1.54) is 0 Å². The SMILES string of the molecule is C=CC(=O)OCC(O)COc1ccc(Br)cc1. The van der Waals surface area contributed by atoms with Gasteiger partial charge in [0.2, 0.25) is 0 Å². The van der Waals surface area contributed by atoms with Crippen LogP contribution in [0.15, 0.2) is 41.4 Å².